The van der Waals surface area contributed by atoms with Crippen LogP contribution in [0.2, 0.25) is 0 Å². The number of nitrogens with one attached hydrogen (secondary N) is 1. The summed E-state index contributed by atoms with van der Waals surface area (Å²) in [6.07, 6.45) is 0.576. The molecule has 1 aromatic rings. The molecule has 0 unspecified atom stereocenters. The average molecular weight is 237 g/mol. The van der Waals surface area contributed by atoms with Crippen LogP contribution in [0.15, 0.2) is 24.3 Å². The molecule has 1 rings (SSSR count). The Morgan fingerprint density at radius 1 is 1.29 bits per heavy atom. The minimum atomic E-state index is -0.824. The third-order valence-corrected chi connectivity index (χ3v) is 1.98. The Kier molecular flexibility index (Phi) is 5.00. The topological polar surface area (TPSA) is 75.6 Å². The molecule has 0 bridgehead atoms. The second kappa shape index (κ2) is 6.52. The Bertz CT molecular complexity index is 386. The third kappa shape index (κ3) is 5.55. The summed E-state index contributed by atoms with van der Waals surface area (Å²) in [4.78, 5) is 21.0. The summed E-state index contributed by atoms with van der Waals surface area (Å²) in [7, 11) is 0. The van der Waals surface area contributed by atoms with E-state index in [4.69, 9.17) is 9.84 Å². The monoisotopic (exact) mass is 237 g/mol. The number of benzene rings is 1. The first-order valence-electron chi connectivity index (χ1n) is 5.30. The molecule has 2 N–H and O–H groups in total. The van der Waals surface area contributed by atoms with Crippen molar-refractivity contribution in [3.63, 3.8) is 0 Å². The molecule has 0 aliphatic rings. The molecule has 0 spiro atoms. The fourth-order valence-corrected chi connectivity index (χ4v) is 1.25. The molecular formula is C12H15NO4. The van der Waals surface area contributed by atoms with Gasteiger partial charge in [-0.2, -0.15) is 0 Å². The Labute approximate surface area is 99.4 Å². The van der Waals surface area contributed by atoms with Crippen molar-refractivity contribution < 1.29 is 19.4 Å². The second-order valence-corrected chi connectivity index (χ2v) is 3.55. The number of carbonyl (C=O) groups excluding carboxylic acids is 1. The van der Waals surface area contributed by atoms with Crippen LogP contribution < -0.4 is 10.1 Å². The highest BCUT2D eigenvalue weighted by Crippen LogP contribution is 2.15. The van der Waals surface area contributed by atoms with Gasteiger partial charge in [0.05, 0.1) is 6.61 Å². The van der Waals surface area contributed by atoms with Crippen LogP contribution in [0.1, 0.15) is 19.8 Å². The predicted octanol–water partition coefficient (Wildman–Crippen LogP) is 1.89. The van der Waals surface area contributed by atoms with Crippen molar-refractivity contribution >= 4 is 17.6 Å². The first kappa shape index (κ1) is 13.0. The summed E-state index contributed by atoms with van der Waals surface area (Å²) in [5.41, 5.74) is 0.704. The van der Waals surface area contributed by atoms with Gasteiger partial charge in [-0.15, -0.1) is 0 Å². The molecule has 0 heterocycles. The van der Waals surface area contributed by atoms with E-state index in [1.54, 1.807) is 24.3 Å². The van der Waals surface area contributed by atoms with Crippen molar-refractivity contribution in [3.05, 3.63) is 24.3 Å². The van der Waals surface area contributed by atoms with E-state index in [1.165, 1.54) is 6.92 Å². The van der Waals surface area contributed by atoms with Crippen molar-refractivity contribution in [2.24, 2.45) is 0 Å². The van der Waals surface area contributed by atoms with E-state index < -0.39 is 5.97 Å². The first-order valence-corrected chi connectivity index (χ1v) is 5.30. The van der Waals surface area contributed by atoms with E-state index in [1.807, 2.05) is 0 Å². The van der Waals surface area contributed by atoms with E-state index in [9.17, 15) is 9.59 Å². The number of amides is 1. The van der Waals surface area contributed by atoms with Crippen molar-refractivity contribution in [3.8, 4) is 5.75 Å². The van der Waals surface area contributed by atoms with Crippen LogP contribution >= 0.6 is 0 Å². The Balaban J connectivity index is 2.35. The van der Waals surface area contributed by atoms with Crippen molar-refractivity contribution in [1.82, 2.24) is 0 Å². The quantitative estimate of drug-likeness (QED) is 0.741. The molecule has 0 aromatic heterocycles. The molecule has 92 valence electrons. The van der Waals surface area contributed by atoms with E-state index >= 15 is 0 Å². The standard InChI is InChI=1S/C12H15NO4/c1-9(14)13-10-4-6-11(7-5-10)17-8-2-3-12(15)16/h4-7H,2-3,8H2,1H3,(H,13,14)(H,15,16). The molecule has 5 nitrogen and oxygen atoms in total. The highest BCUT2D eigenvalue weighted by Gasteiger charge is 1.99. The zero-order valence-corrected chi connectivity index (χ0v) is 9.60. The van der Waals surface area contributed by atoms with E-state index in [2.05, 4.69) is 5.32 Å². The second-order valence-electron chi connectivity index (χ2n) is 3.55. The van der Waals surface area contributed by atoms with Gasteiger partial charge in [0.2, 0.25) is 5.91 Å². The minimum absolute atomic E-state index is 0.101. The van der Waals surface area contributed by atoms with Crippen LogP contribution in [0, 0.1) is 0 Å². The summed E-state index contributed by atoms with van der Waals surface area (Å²) >= 11 is 0. The maximum atomic E-state index is 10.8. The molecule has 17 heavy (non-hydrogen) atoms. The van der Waals surface area contributed by atoms with Crippen molar-refractivity contribution in [2.75, 3.05) is 11.9 Å². The summed E-state index contributed by atoms with van der Waals surface area (Å²) in [6.45, 7) is 1.81. The maximum absolute atomic E-state index is 10.8. The third-order valence-electron chi connectivity index (χ3n) is 1.98. The van der Waals surface area contributed by atoms with E-state index in [-0.39, 0.29) is 12.3 Å². The van der Waals surface area contributed by atoms with Gasteiger partial charge in [-0.05, 0) is 30.7 Å². The van der Waals surface area contributed by atoms with Gasteiger partial charge in [-0.25, -0.2) is 0 Å². The number of anilines is 1. The summed E-state index contributed by atoms with van der Waals surface area (Å²) in [5.74, 6) is -0.292. The zero-order chi connectivity index (χ0) is 12.7. The normalized spacial score (nSPS) is 9.71. The van der Waals surface area contributed by atoms with Crippen molar-refractivity contribution in [2.45, 2.75) is 19.8 Å². The van der Waals surface area contributed by atoms with Crippen molar-refractivity contribution in [1.29, 1.82) is 0 Å². The molecule has 0 radical (unpaired) electrons. The smallest absolute Gasteiger partial charge is 0.303 e. The fourth-order valence-electron chi connectivity index (χ4n) is 1.25. The molecular weight excluding hydrogens is 222 g/mol. The number of carboxylic acids is 1. The van der Waals surface area contributed by atoms with Gasteiger partial charge < -0.3 is 15.2 Å². The zero-order valence-electron chi connectivity index (χ0n) is 9.60. The van der Waals surface area contributed by atoms with Gasteiger partial charge in [0.1, 0.15) is 5.75 Å². The average Bonchev–Trinajstić information content (AvgIpc) is 2.25. The first-order chi connectivity index (χ1) is 8.08. The molecule has 0 saturated heterocycles. The highest BCUT2D eigenvalue weighted by atomic mass is 16.5. The van der Waals surface area contributed by atoms with Crippen LogP contribution in [0.3, 0.4) is 0 Å². The van der Waals surface area contributed by atoms with Gasteiger partial charge in [0.25, 0.3) is 0 Å². The lowest BCUT2D eigenvalue weighted by molar-refractivity contribution is -0.137. The van der Waals surface area contributed by atoms with Crippen LogP contribution in [0.4, 0.5) is 5.69 Å². The number of hydrogen-bond acceptors (Lipinski definition) is 3. The number of ether oxygens (including phenoxy) is 1. The van der Waals surface area contributed by atoms with Gasteiger partial charge >= 0.3 is 5.97 Å². The Morgan fingerprint density at radius 2 is 1.94 bits per heavy atom. The molecule has 0 aliphatic heterocycles. The van der Waals surface area contributed by atoms with Crippen LogP contribution in [0.25, 0.3) is 0 Å². The largest absolute Gasteiger partial charge is 0.494 e. The SMILES string of the molecule is CC(=O)Nc1ccc(OCCCC(=O)O)cc1. The molecule has 0 atom stereocenters. The molecule has 0 aliphatic carbocycles. The molecule has 0 fully saturated rings. The molecule has 0 saturated carbocycles. The lowest BCUT2D eigenvalue weighted by Gasteiger charge is -2.06. The van der Waals surface area contributed by atoms with Crippen LogP contribution in [0.5, 0.6) is 5.75 Å². The summed E-state index contributed by atoms with van der Waals surface area (Å²) < 4.78 is 5.34. The Morgan fingerprint density at radius 3 is 2.47 bits per heavy atom. The number of aliphatic carboxylic acids is 1. The van der Waals surface area contributed by atoms with E-state index in [0.717, 1.165) is 0 Å². The number of hydrogen-bond donors (Lipinski definition) is 2. The van der Waals surface area contributed by atoms with Gasteiger partial charge in [-0.1, -0.05) is 0 Å². The molecule has 5 heteroatoms. The van der Waals surface area contributed by atoms with Gasteiger partial charge in [0, 0.05) is 19.0 Å². The summed E-state index contributed by atoms with van der Waals surface area (Å²) in [6, 6.07) is 6.92. The molecule has 1 aromatic carbocycles. The lowest BCUT2D eigenvalue weighted by atomic mass is 10.3. The Hall–Kier alpha value is -2.04. The minimum Gasteiger partial charge on any atom is -0.494 e. The van der Waals surface area contributed by atoms with Crippen LogP contribution in [-0.2, 0) is 9.59 Å². The number of carbonyl (C=O) groups is 2. The highest BCUT2D eigenvalue weighted by molar-refractivity contribution is 5.88. The van der Waals surface area contributed by atoms with Crippen LogP contribution in [-0.4, -0.2) is 23.6 Å². The molecule has 1 amide bonds. The lowest BCUT2D eigenvalue weighted by Crippen LogP contribution is -2.05. The summed E-state index contributed by atoms with van der Waals surface area (Å²) in [5, 5.41) is 11.1. The van der Waals surface area contributed by atoms with Gasteiger partial charge in [-0.3, -0.25) is 9.59 Å². The van der Waals surface area contributed by atoms with Gasteiger partial charge in [0.15, 0.2) is 0 Å². The maximum Gasteiger partial charge on any atom is 0.303 e. The fraction of sp³-hybridized carbons (Fsp3) is 0.333. The van der Waals surface area contributed by atoms with E-state index in [0.29, 0.717) is 24.5 Å². The predicted molar refractivity (Wildman–Crippen MR) is 63.1 cm³/mol. The number of rotatable bonds is 6. The number of carboxylic acid groups (broad SMARTS) is 1.